The van der Waals surface area contributed by atoms with Crippen LogP contribution in [0.2, 0.25) is 0 Å². The Balaban J connectivity index is 1.68. The van der Waals surface area contributed by atoms with E-state index in [0.29, 0.717) is 6.54 Å². The van der Waals surface area contributed by atoms with Gasteiger partial charge in [-0.1, -0.05) is 18.2 Å². The summed E-state index contributed by atoms with van der Waals surface area (Å²) in [6.45, 7) is 0.487. The summed E-state index contributed by atoms with van der Waals surface area (Å²) in [4.78, 5) is 20.6. The quantitative estimate of drug-likeness (QED) is 0.875. The fraction of sp³-hybridized carbons (Fsp3) is 0.312. The number of carbonyl (C=O) groups is 1. The van der Waals surface area contributed by atoms with Crippen molar-refractivity contribution in [2.75, 3.05) is 0 Å². The van der Waals surface area contributed by atoms with E-state index >= 15 is 0 Å². The molecule has 5 heteroatoms. The maximum atomic E-state index is 12.2. The van der Waals surface area contributed by atoms with Crippen molar-refractivity contribution in [1.82, 2.24) is 19.9 Å². The van der Waals surface area contributed by atoms with E-state index in [1.54, 1.807) is 18.7 Å². The van der Waals surface area contributed by atoms with Crippen LogP contribution in [0.4, 0.5) is 0 Å². The van der Waals surface area contributed by atoms with Crippen LogP contribution in [0.1, 0.15) is 24.8 Å². The highest BCUT2D eigenvalue weighted by Crippen LogP contribution is 2.18. The molecule has 2 heterocycles. The molecular formula is C16H18N4O. The number of hydrogen-bond acceptors (Lipinski definition) is 3. The Morgan fingerprint density at radius 2 is 2.33 bits per heavy atom. The van der Waals surface area contributed by atoms with Crippen LogP contribution in [-0.2, 0) is 11.3 Å². The van der Waals surface area contributed by atoms with E-state index in [9.17, 15) is 4.79 Å². The molecule has 0 aliphatic heterocycles. The van der Waals surface area contributed by atoms with Gasteiger partial charge < -0.3 is 5.32 Å². The lowest BCUT2D eigenvalue weighted by atomic mass is 9.93. The predicted molar refractivity (Wildman–Crippen MR) is 79.7 cm³/mol. The lowest BCUT2D eigenvalue weighted by Gasteiger charge is -2.17. The summed E-state index contributed by atoms with van der Waals surface area (Å²) in [5.74, 6) is 1.03. The normalized spacial score (nSPS) is 17.6. The Bertz CT molecular complexity index is 633. The van der Waals surface area contributed by atoms with Crippen LogP contribution in [0.3, 0.4) is 0 Å². The number of aromatic nitrogens is 3. The number of carbonyl (C=O) groups excluding carboxylic acids is 1. The topological polar surface area (TPSA) is 59.8 Å². The maximum absolute atomic E-state index is 12.2. The number of hydrogen-bond donors (Lipinski definition) is 1. The van der Waals surface area contributed by atoms with E-state index in [4.69, 9.17) is 0 Å². The van der Waals surface area contributed by atoms with Gasteiger partial charge in [0.05, 0.1) is 0 Å². The van der Waals surface area contributed by atoms with Crippen molar-refractivity contribution in [3.05, 3.63) is 54.8 Å². The van der Waals surface area contributed by atoms with Crippen LogP contribution in [0.15, 0.2) is 49.2 Å². The molecule has 1 amide bonds. The summed E-state index contributed by atoms with van der Waals surface area (Å²) >= 11 is 0. The van der Waals surface area contributed by atoms with Crippen LogP contribution in [-0.4, -0.2) is 20.4 Å². The highest BCUT2D eigenvalue weighted by Gasteiger charge is 2.18. The first-order chi connectivity index (χ1) is 10.3. The number of imidazole rings is 1. The standard InChI is InChI=1S/C16H18N4O/c21-16(13-5-2-1-3-6-13)19-11-14-7-4-8-18-15(14)20-10-9-17-12-20/h1-2,4,7-10,12-13H,3,5-6,11H2,(H,19,21). The third-order valence-corrected chi connectivity index (χ3v) is 3.71. The minimum atomic E-state index is 0.100. The van der Waals surface area contributed by atoms with E-state index in [0.717, 1.165) is 30.6 Å². The van der Waals surface area contributed by atoms with Gasteiger partial charge in [-0.05, 0) is 25.3 Å². The highest BCUT2D eigenvalue weighted by atomic mass is 16.1. The van der Waals surface area contributed by atoms with Crippen molar-refractivity contribution in [2.24, 2.45) is 5.92 Å². The van der Waals surface area contributed by atoms with Crippen molar-refractivity contribution in [1.29, 1.82) is 0 Å². The SMILES string of the molecule is O=C(NCc1cccnc1-n1ccnc1)C1CC=CCC1. The van der Waals surface area contributed by atoms with E-state index in [2.05, 4.69) is 27.4 Å². The maximum Gasteiger partial charge on any atom is 0.223 e. The molecule has 0 bridgehead atoms. The first-order valence-electron chi connectivity index (χ1n) is 7.19. The van der Waals surface area contributed by atoms with Gasteiger partial charge in [0.1, 0.15) is 12.1 Å². The molecule has 1 atom stereocenters. The molecule has 1 unspecified atom stereocenters. The largest absolute Gasteiger partial charge is 0.352 e. The van der Waals surface area contributed by atoms with Gasteiger partial charge in [0.25, 0.3) is 0 Å². The highest BCUT2D eigenvalue weighted by molar-refractivity contribution is 5.79. The molecular weight excluding hydrogens is 264 g/mol. The zero-order valence-electron chi connectivity index (χ0n) is 11.8. The average molecular weight is 282 g/mol. The van der Waals surface area contributed by atoms with Crippen molar-refractivity contribution < 1.29 is 4.79 Å². The van der Waals surface area contributed by atoms with Crippen LogP contribution < -0.4 is 5.32 Å². The molecule has 0 radical (unpaired) electrons. The molecule has 1 aliphatic rings. The lowest BCUT2D eigenvalue weighted by Crippen LogP contribution is -2.31. The van der Waals surface area contributed by atoms with Gasteiger partial charge in [-0.15, -0.1) is 0 Å². The van der Waals surface area contributed by atoms with Gasteiger partial charge in [-0.2, -0.15) is 0 Å². The van der Waals surface area contributed by atoms with Crippen molar-refractivity contribution in [3.63, 3.8) is 0 Å². The summed E-state index contributed by atoms with van der Waals surface area (Å²) in [7, 11) is 0. The molecule has 3 rings (SSSR count). The predicted octanol–water partition coefficient (Wildman–Crippen LogP) is 2.24. The number of allylic oxidation sites excluding steroid dienone is 2. The molecule has 2 aromatic rings. The van der Waals surface area contributed by atoms with E-state index in [1.807, 2.05) is 22.9 Å². The Morgan fingerprint density at radius 1 is 1.38 bits per heavy atom. The molecule has 1 aliphatic carbocycles. The minimum absolute atomic E-state index is 0.100. The molecule has 21 heavy (non-hydrogen) atoms. The monoisotopic (exact) mass is 282 g/mol. The van der Waals surface area contributed by atoms with Crippen LogP contribution >= 0.6 is 0 Å². The Labute approximate surface area is 123 Å². The van der Waals surface area contributed by atoms with Gasteiger partial charge in [0.15, 0.2) is 0 Å². The van der Waals surface area contributed by atoms with Crippen molar-refractivity contribution >= 4 is 5.91 Å². The zero-order valence-corrected chi connectivity index (χ0v) is 11.8. The zero-order chi connectivity index (χ0) is 14.5. The molecule has 108 valence electrons. The lowest BCUT2D eigenvalue weighted by molar-refractivity contribution is -0.125. The fourth-order valence-corrected chi connectivity index (χ4v) is 2.54. The van der Waals surface area contributed by atoms with Gasteiger partial charge >= 0.3 is 0 Å². The van der Waals surface area contributed by atoms with Crippen LogP contribution in [0, 0.1) is 5.92 Å². The number of amides is 1. The van der Waals surface area contributed by atoms with Crippen LogP contribution in [0.25, 0.3) is 5.82 Å². The number of pyridine rings is 1. The third-order valence-electron chi connectivity index (χ3n) is 3.71. The molecule has 0 saturated carbocycles. The smallest absolute Gasteiger partial charge is 0.223 e. The fourth-order valence-electron chi connectivity index (χ4n) is 2.54. The van der Waals surface area contributed by atoms with E-state index < -0.39 is 0 Å². The van der Waals surface area contributed by atoms with Crippen molar-refractivity contribution in [2.45, 2.75) is 25.8 Å². The molecule has 2 aromatic heterocycles. The third kappa shape index (κ3) is 3.18. The summed E-state index contributed by atoms with van der Waals surface area (Å²) in [5, 5.41) is 3.02. The Morgan fingerprint density at radius 3 is 3.10 bits per heavy atom. The second kappa shape index (κ2) is 6.35. The van der Waals surface area contributed by atoms with Gasteiger partial charge in [-0.25, -0.2) is 9.97 Å². The Hall–Kier alpha value is -2.43. The molecule has 0 aromatic carbocycles. The molecule has 5 nitrogen and oxygen atoms in total. The summed E-state index contributed by atoms with van der Waals surface area (Å²) < 4.78 is 1.85. The van der Waals surface area contributed by atoms with E-state index in [-0.39, 0.29) is 11.8 Å². The molecule has 0 saturated heterocycles. The molecule has 1 N–H and O–H groups in total. The van der Waals surface area contributed by atoms with Gasteiger partial charge in [0, 0.05) is 36.6 Å². The summed E-state index contributed by atoms with van der Waals surface area (Å²) in [5.41, 5.74) is 0.982. The molecule has 0 spiro atoms. The number of nitrogens with zero attached hydrogens (tertiary/aromatic N) is 3. The van der Waals surface area contributed by atoms with E-state index in [1.165, 1.54) is 0 Å². The second-order valence-electron chi connectivity index (χ2n) is 5.16. The average Bonchev–Trinajstić information content (AvgIpc) is 3.08. The minimum Gasteiger partial charge on any atom is -0.352 e. The van der Waals surface area contributed by atoms with Gasteiger partial charge in [-0.3, -0.25) is 9.36 Å². The molecule has 0 fully saturated rings. The Kier molecular flexibility index (Phi) is 4.09. The first kappa shape index (κ1) is 13.5. The first-order valence-corrected chi connectivity index (χ1v) is 7.19. The van der Waals surface area contributed by atoms with Gasteiger partial charge in [0.2, 0.25) is 5.91 Å². The van der Waals surface area contributed by atoms with Crippen LogP contribution in [0.5, 0.6) is 0 Å². The number of rotatable bonds is 4. The summed E-state index contributed by atoms with van der Waals surface area (Å²) in [6.07, 6.45) is 14.0. The second-order valence-corrected chi connectivity index (χ2v) is 5.16. The van der Waals surface area contributed by atoms with Crippen molar-refractivity contribution in [3.8, 4) is 5.82 Å². The number of nitrogens with one attached hydrogen (secondary N) is 1. The summed E-state index contributed by atoms with van der Waals surface area (Å²) in [6, 6.07) is 3.86.